The summed E-state index contributed by atoms with van der Waals surface area (Å²) in [6.07, 6.45) is 1.63. The predicted octanol–water partition coefficient (Wildman–Crippen LogP) is 0.791. The van der Waals surface area contributed by atoms with Crippen molar-refractivity contribution in [2.75, 3.05) is 0 Å². The van der Waals surface area contributed by atoms with Crippen molar-refractivity contribution in [2.45, 2.75) is 13.8 Å². The topological polar surface area (TPSA) is 81.5 Å². The van der Waals surface area contributed by atoms with Crippen LogP contribution >= 0.6 is 11.7 Å². The van der Waals surface area contributed by atoms with Gasteiger partial charge in [0.2, 0.25) is 5.78 Å². The van der Waals surface area contributed by atoms with Gasteiger partial charge in [0.15, 0.2) is 5.71 Å². The van der Waals surface area contributed by atoms with E-state index >= 15 is 0 Å². The van der Waals surface area contributed by atoms with Crippen LogP contribution in [0.5, 0.6) is 0 Å². The first-order valence-corrected chi connectivity index (χ1v) is 5.14. The number of carbonyl (C=O) groups excluding carboxylic acids is 2. The molecule has 6 nitrogen and oxygen atoms in total. The zero-order valence-corrected chi connectivity index (χ0v) is 9.37. The quantitative estimate of drug-likeness (QED) is 0.532. The number of aromatic nitrogens is 2. The molecule has 0 spiro atoms. The number of hydrogen-bond donors (Lipinski definition) is 0. The van der Waals surface area contributed by atoms with Gasteiger partial charge in [-0.15, -0.1) is 0 Å². The van der Waals surface area contributed by atoms with E-state index < -0.39 is 5.97 Å². The third-order valence-electron chi connectivity index (χ3n) is 1.93. The van der Waals surface area contributed by atoms with Crippen LogP contribution in [-0.4, -0.2) is 26.2 Å². The van der Waals surface area contributed by atoms with Gasteiger partial charge in [-0.3, -0.25) is 4.79 Å². The minimum absolute atomic E-state index is 0.0268. The second-order valence-corrected chi connectivity index (χ2v) is 3.71. The van der Waals surface area contributed by atoms with Crippen LogP contribution in [0.4, 0.5) is 0 Å². The van der Waals surface area contributed by atoms with Gasteiger partial charge in [0, 0.05) is 12.5 Å². The molecule has 0 N–H and O–H groups in total. The van der Waals surface area contributed by atoms with Gasteiger partial charge in [0.05, 0.1) is 11.7 Å². The smallest absolute Gasteiger partial charge is 0.318 e. The highest BCUT2D eigenvalue weighted by atomic mass is 32.1. The van der Waals surface area contributed by atoms with Gasteiger partial charge < -0.3 is 4.84 Å². The molecule has 0 aromatic carbocycles. The lowest BCUT2D eigenvalue weighted by molar-refractivity contribution is -0.140. The standard InChI is InChI=1S/C9H7N3O3S/c1-4-3-6-7(12-16-11-6)8(9(4)14)10-15-5(2)13/h3H,1-2H3/b10-8+. The summed E-state index contributed by atoms with van der Waals surface area (Å²) >= 11 is 0.979. The molecule has 1 aromatic rings. The van der Waals surface area contributed by atoms with E-state index in [1.807, 2.05) is 0 Å². The van der Waals surface area contributed by atoms with E-state index in [9.17, 15) is 9.59 Å². The van der Waals surface area contributed by atoms with Crippen molar-refractivity contribution in [2.24, 2.45) is 5.16 Å². The summed E-state index contributed by atoms with van der Waals surface area (Å²) in [5, 5.41) is 3.51. The predicted molar refractivity (Wildman–Crippen MR) is 56.9 cm³/mol. The lowest BCUT2D eigenvalue weighted by Gasteiger charge is -2.07. The largest absolute Gasteiger partial charge is 0.332 e. The molecule has 0 atom stereocenters. The maximum Gasteiger partial charge on any atom is 0.332 e. The summed E-state index contributed by atoms with van der Waals surface area (Å²) in [7, 11) is 0. The number of rotatable bonds is 1. The molecule has 1 aliphatic carbocycles. The molecule has 0 saturated carbocycles. The van der Waals surface area contributed by atoms with Crippen LogP contribution in [-0.2, 0) is 14.4 Å². The van der Waals surface area contributed by atoms with Crippen LogP contribution in [0.2, 0.25) is 0 Å². The molecule has 1 aromatic heterocycles. The van der Waals surface area contributed by atoms with E-state index in [0.717, 1.165) is 11.7 Å². The van der Waals surface area contributed by atoms with Gasteiger partial charge >= 0.3 is 5.97 Å². The molecule has 82 valence electrons. The maximum atomic E-state index is 11.7. The van der Waals surface area contributed by atoms with E-state index in [4.69, 9.17) is 0 Å². The Labute approximate surface area is 94.9 Å². The summed E-state index contributed by atoms with van der Waals surface area (Å²) in [4.78, 5) is 26.8. The Balaban J connectivity index is 2.46. The molecule has 0 amide bonds. The van der Waals surface area contributed by atoms with Gasteiger partial charge in [-0.2, -0.15) is 8.75 Å². The second-order valence-electron chi connectivity index (χ2n) is 3.18. The molecule has 1 heterocycles. The van der Waals surface area contributed by atoms with Crippen molar-refractivity contribution in [3.05, 3.63) is 17.0 Å². The highest BCUT2D eigenvalue weighted by Crippen LogP contribution is 2.20. The van der Waals surface area contributed by atoms with Crippen LogP contribution < -0.4 is 0 Å². The maximum absolute atomic E-state index is 11.7. The van der Waals surface area contributed by atoms with Crippen LogP contribution in [0.15, 0.2) is 10.7 Å². The Morgan fingerprint density at radius 2 is 2.25 bits per heavy atom. The van der Waals surface area contributed by atoms with Gasteiger partial charge in [0.1, 0.15) is 11.4 Å². The monoisotopic (exact) mass is 237 g/mol. The Morgan fingerprint density at radius 3 is 2.94 bits per heavy atom. The molecule has 2 rings (SSSR count). The minimum atomic E-state index is -0.586. The zero-order chi connectivity index (χ0) is 11.7. The minimum Gasteiger partial charge on any atom is -0.318 e. The number of allylic oxidation sites excluding steroid dienone is 1. The van der Waals surface area contributed by atoms with Gasteiger partial charge in [0.25, 0.3) is 0 Å². The van der Waals surface area contributed by atoms with Crippen molar-refractivity contribution in [1.82, 2.24) is 8.75 Å². The highest BCUT2D eigenvalue weighted by molar-refractivity contribution is 6.99. The SMILES string of the molecule is CC(=O)O/N=C1/C(=O)C(C)=Cc2nsnc21. The Hall–Kier alpha value is -1.89. The lowest BCUT2D eigenvalue weighted by atomic mass is 9.98. The Bertz CT molecular complexity index is 530. The molecule has 0 radical (unpaired) electrons. The number of oxime groups is 1. The molecule has 0 bridgehead atoms. The van der Waals surface area contributed by atoms with Crippen molar-refractivity contribution in [3.63, 3.8) is 0 Å². The highest BCUT2D eigenvalue weighted by Gasteiger charge is 2.27. The van der Waals surface area contributed by atoms with Crippen molar-refractivity contribution < 1.29 is 14.4 Å². The molecule has 1 aliphatic rings. The van der Waals surface area contributed by atoms with Gasteiger partial charge in [-0.1, -0.05) is 5.16 Å². The Morgan fingerprint density at radius 1 is 1.50 bits per heavy atom. The zero-order valence-electron chi connectivity index (χ0n) is 8.55. The van der Waals surface area contributed by atoms with E-state index in [-0.39, 0.29) is 11.5 Å². The lowest BCUT2D eigenvalue weighted by Crippen LogP contribution is -2.22. The molecular formula is C9H7N3O3S. The Kier molecular flexibility index (Phi) is 2.61. The number of hydrogen-bond acceptors (Lipinski definition) is 7. The molecular weight excluding hydrogens is 230 g/mol. The van der Waals surface area contributed by atoms with Crippen LogP contribution in [0.1, 0.15) is 25.2 Å². The molecule has 0 fully saturated rings. The van der Waals surface area contributed by atoms with Crippen LogP contribution in [0, 0.1) is 0 Å². The number of Topliss-reactive ketones (excluding diaryl/α,β-unsaturated/α-hetero) is 1. The van der Waals surface area contributed by atoms with E-state index in [0.29, 0.717) is 17.0 Å². The molecule has 0 aliphatic heterocycles. The average Bonchev–Trinajstić information content (AvgIpc) is 2.65. The summed E-state index contributed by atoms with van der Waals surface area (Å²) in [6.45, 7) is 2.86. The summed E-state index contributed by atoms with van der Waals surface area (Å²) in [5.41, 5.74) is 1.46. The van der Waals surface area contributed by atoms with Crippen molar-refractivity contribution >= 4 is 35.3 Å². The average molecular weight is 237 g/mol. The fourth-order valence-corrected chi connectivity index (χ4v) is 1.74. The van der Waals surface area contributed by atoms with Crippen molar-refractivity contribution in [1.29, 1.82) is 0 Å². The summed E-state index contributed by atoms with van der Waals surface area (Å²) in [6, 6.07) is 0. The number of carbonyl (C=O) groups is 2. The van der Waals surface area contributed by atoms with Crippen LogP contribution in [0.3, 0.4) is 0 Å². The molecule has 0 saturated heterocycles. The van der Waals surface area contributed by atoms with E-state index in [1.54, 1.807) is 13.0 Å². The van der Waals surface area contributed by atoms with E-state index in [2.05, 4.69) is 18.7 Å². The third-order valence-corrected chi connectivity index (χ3v) is 2.47. The van der Waals surface area contributed by atoms with Crippen LogP contribution in [0.25, 0.3) is 6.08 Å². The first-order valence-electron chi connectivity index (χ1n) is 4.41. The molecule has 16 heavy (non-hydrogen) atoms. The third kappa shape index (κ3) is 1.76. The van der Waals surface area contributed by atoms with Gasteiger partial charge in [-0.25, -0.2) is 4.79 Å². The first kappa shape index (κ1) is 10.6. The first-order chi connectivity index (χ1) is 7.59. The number of ketones is 1. The second kappa shape index (κ2) is 3.93. The fourth-order valence-electron chi connectivity index (χ4n) is 1.21. The molecule has 7 heteroatoms. The summed E-state index contributed by atoms with van der Waals surface area (Å²) in [5.74, 6) is -0.890. The normalized spacial score (nSPS) is 17.0. The summed E-state index contributed by atoms with van der Waals surface area (Å²) < 4.78 is 7.94. The van der Waals surface area contributed by atoms with E-state index in [1.165, 1.54) is 6.92 Å². The van der Waals surface area contributed by atoms with Gasteiger partial charge in [-0.05, 0) is 13.0 Å². The fraction of sp³-hybridized carbons (Fsp3) is 0.222. The number of fused-ring (bicyclic) bond motifs is 1. The van der Waals surface area contributed by atoms with Crippen molar-refractivity contribution in [3.8, 4) is 0 Å². The molecule has 0 unspecified atom stereocenters. The number of nitrogens with zero attached hydrogens (tertiary/aromatic N) is 3.